The Morgan fingerprint density at radius 1 is 1.14 bits per heavy atom. The summed E-state index contributed by atoms with van der Waals surface area (Å²) in [5.74, 6) is -5.94. The Hall–Kier alpha value is -3.84. The van der Waals surface area contributed by atoms with Crippen LogP contribution in [0.3, 0.4) is 0 Å². The summed E-state index contributed by atoms with van der Waals surface area (Å²) in [4.78, 5) is 55.0. The standard InChI is InChI=1S/C29H31ClF3N3O7/c1-3-42-24(37)16-43-20-12-23(35(15-20)28(40)41-2)27(39)36(19-8-6-7-17(31)11-19)25(21-9-4-5-10-22(21)30)26(38)34-18-13-29(32,33)14-18/h4-11,18,20,23,25H,3,12-16H2,1-2H3,(H,34,38)/t20-,23+,25+/m1/s1. The molecule has 0 radical (unpaired) electrons. The Morgan fingerprint density at radius 2 is 1.86 bits per heavy atom. The van der Waals surface area contributed by atoms with Gasteiger partial charge in [-0.15, -0.1) is 0 Å². The number of nitrogens with zero attached hydrogens (tertiary/aromatic N) is 2. The molecule has 10 nitrogen and oxygen atoms in total. The molecule has 2 fully saturated rings. The number of likely N-dealkylation sites (tertiary alicyclic amines) is 1. The van der Waals surface area contributed by atoms with Crippen molar-refractivity contribution in [2.75, 3.05) is 31.8 Å². The van der Waals surface area contributed by atoms with Crippen LogP contribution in [0.1, 0.15) is 37.8 Å². The predicted octanol–water partition coefficient (Wildman–Crippen LogP) is 4.26. The Balaban J connectivity index is 1.74. The number of hydrogen-bond donors (Lipinski definition) is 1. The van der Waals surface area contributed by atoms with Gasteiger partial charge in [-0.2, -0.15) is 0 Å². The molecule has 2 aromatic rings. The molecule has 4 rings (SSSR count). The number of alkyl halides is 2. The SMILES string of the molecule is CCOC(=O)CO[C@@H]1C[C@@H](C(=O)N(c2cccc(F)c2)[C@H](C(=O)NC2CC(F)(F)C2)c2ccccc2Cl)N(C(=O)OC)C1. The lowest BCUT2D eigenvalue weighted by Gasteiger charge is -2.39. The second-order valence-electron chi connectivity index (χ2n) is 10.2. The van der Waals surface area contributed by atoms with Gasteiger partial charge in [0.05, 0.1) is 26.4 Å². The number of halogens is 4. The molecule has 3 amide bonds. The summed E-state index contributed by atoms with van der Waals surface area (Å²) < 4.78 is 57.1. The molecule has 0 aromatic heterocycles. The minimum Gasteiger partial charge on any atom is -0.464 e. The number of anilines is 1. The van der Waals surface area contributed by atoms with Gasteiger partial charge < -0.3 is 19.5 Å². The summed E-state index contributed by atoms with van der Waals surface area (Å²) >= 11 is 6.48. The fourth-order valence-corrected chi connectivity index (χ4v) is 5.43. The molecule has 1 aliphatic carbocycles. The van der Waals surface area contributed by atoms with Gasteiger partial charge in [-0.1, -0.05) is 35.9 Å². The van der Waals surface area contributed by atoms with Crippen LogP contribution in [0, 0.1) is 5.82 Å². The van der Waals surface area contributed by atoms with E-state index in [9.17, 15) is 32.3 Å². The van der Waals surface area contributed by atoms with Crippen molar-refractivity contribution in [2.24, 2.45) is 0 Å². The molecule has 232 valence electrons. The smallest absolute Gasteiger partial charge is 0.410 e. The Kier molecular flexibility index (Phi) is 10.2. The number of nitrogens with one attached hydrogen (secondary N) is 1. The van der Waals surface area contributed by atoms with Crippen molar-refractivity contribution in [3.63, 3.8) is 0 Å². The van der Waals surface area contributed by atoms with E-state index in [1.165, 1.54) is 24.3 Å². The van der Waals surface area contributed by atoms with E-state index in [-0.39, 0.29) is 35.8 Å². The Labute approximate surface area is 251 Å². The molecule has 0 spiro atoms. The molecule has 1 saturated carbocycles. The molecule has 1 heterocycles. The summed E-state index contributed by atoms with van der Waals surface area (Å²) in [6, 6.07) is 7.34. The number of carbonyl (C=O) groups excluding carboxylic acids is 4. The van der Waals surface area contributed by atoms with E-state index in [0.29, 0.717) is 0 Å². The zero-order valence-corrected chi connectivity index (χ0v) is 24.2. The zero-order chi connectivity index (χ0) is 31.3. The summed E-state index contributed by atoms with van der Waals surface area (Å²) in [6.45, 7) is 1.19. The summed E-state index contributed by atoms with van der Waals surface area (Å²) in [6.07, 6.45) is -2.95. The topological polar surface area (TPSA) is 114 Å². The molecule has 14 heteroatoms. The quantitative estimate of drug-likeness (QED) is 0.393. The van der Waals surface area contributed by atoms with Gasteiger partial charge in [0.15, 0.2) is 0 Å². The number of benzene rings is 2. The third-order valence-electron chi connectivity index (χ3n) is 7.17. The summed E-state index contributed by atoms with van der Waals surface area (Å²) in [5.41, 5.74) is 0.0906. The van der Waals surface area contributed by atoms with E-state index >= 15 is 0 Å². The molecule has 43 heavy (non-hydrogen) atoms. The molecule has 1 saturated heterocycles. The number of ether oxygens (including phenoxy) is 3. The molecule has 0 unspecified atom stereocenters. The van der Waals surface area contributed by atoms with Crippen molar-refractivity contribution in [1.29, 1.82) is 0 Å². The maximum atomic E-state index is 14.5. The van der Waals surface area contributed by atoms with E-state index in [1.807, 2.05) is 0 Å². The molecule has 0 bridgehead atoms. The van der Waals surface area contributed by atoms with Crippen LogP contribution in [0.2, 0.25) is 5.02 Å². The molecule has 1 aliphatic heterocycles. The number of carbonyl (C=O) groups is 4. The average molecular weight is 626 g/mol. The first-order valence-corrected chi connectivity index (χ1v) is 13.9. The highest BCUT2D eigenvalue weighted by Gasteiger charge is 2.49. The number of methoxy groups -OCH3 is 1. The highest BCUT2D eigenvalue weighted by Crippen LogP contribution is 2.39. The van der Waals surface area contributed by atoms with Crippen molar-refractivity contribution >= 4 is 41.2 Å². The normalized spacial score (nSPS) is 20.1. The van der Waals surface area contributed by atoms with Gasteiger partial charge >= 0.3 is 12.1 Å². The second-order valence-corrected chi connectivity index (χ2v) is 10.6. The molecule has 2 aromatic carbocycles. The van der Waals surface area contributed by atoms with Crippen LogP contribution in [0.25, 0.3) is 0 Å². The fraction of sp³-hybridized carbons (Fsp3) is 0.448. The van der Waals surface area contributed by atoms with Crippen LogP contribution in [0.15, 0.2) is 48.5 Å². The predicted molar refractivity (Wildman–Crippen MR) is 148 cm³/mol. The van der Waals surface area contributed by atoms with Crippen LogP contribution < -0.4 is 10.2 Å². The lowest BCUT2D eigenvalue weighted by atomic mass is 9.87. The largest absolute Gasteiger partial charge is 0.464 e. The van der Waals surface area contributed by atoms with Crippen LogP contribution in [-0.4, -0.2) is 79.8 Å². The van der Waals surface area contributed by atoms with Gasteiger partial charge in [0.25, 0.3) is 11.8 Å². The third-order valence-corrected chi connectivity index (χ3v) is 7.51. The van der Waals surface area contributed by atoms with Crippen molar-refractivity contribution in [3.8, 4) is 0 Å². The van der Waals surface area contributed by atoms with Crippen LogP contribution in [-0.2, 0) is 28.6 Å². The number of hydrogen-bond acceptors (Lipinski definition) is 7. The van der Waals surface area contributed by atoms with Crippen LogP contribution in [0.5, 0.6) is 0 Å². The fourth-order valence-electron chi connectivity index (χ4n) is 5.19. The van der Waals surface area contributed by atoms with Crippen LogP contribution in [0.4, 0.5) is 23.7 Å². The van der Waals surface area contributed by atoms with E-state index in [2.05, 4.69) is 5.32 Å². The third kappa shape index (κ3) is 7.57. The van der Waals surface area contributed by atoms with Gasteiger partial charge in [-0.25, -0.2) is 22.8 Å². The lowest BCUT2D eigenvalue weighted by molar-refractivity contribution is -0.150. The molecular formula is C29H31ClF3N3O7. The van der Waals surface area contributed by atoms with Gasteiger partial charge in [0.2, 0.25) is 5.91 Å². The number of esters is 1. The van der Waals surface area contributed by atoms with Crippen molar-refractivity contribution in [1.82, 2.24) is 10.2 Å². The van der Waals surface area contributed by atoms with Crippen molar-refractivity contribution in [3.05, 3.63) is 64.9 Å². The van der Waals surface area contributed by atoms with E-state index < -0.39 is 79.3 Å². The number of rotatable bonds is 10. The zero-order valence-electron chi connectivity index (χ0n) is 23.4. The highest BCUT2D eigenvalue weighted by atomic mass is 35.5. The first-order valence-electron chi connectivity index (χ1n) is 13.6. The highest BCUT2D eigenvalue weighted by molar-refractivity contribution is 6.31. The van der Waals surface area contributed by atoms with E-state index in [4.69, 9.17) is 25.8 Å². The van der Waals surface area contributed by atoms with E-state index in [1.54, 1.807) is 19.1 Å². The minimum atomic E-state index is -2.93. The number of amides is 3. The van der Waals surface area contributed by atoms with E-state index in [0.717, 1.165) is 29.0 Å². The monoisotopic (exact) mass is 625 g/mol. The van der Waals surface area contributed by atoms with Gasteiger partial charge in [-0.05, 0) is 31.2 Å². The molecular weight excluding hydrogens is 595 g/mol. The minimum absolute atomic E-state index is 0.0512. The first kappa shape index (κ1) is 32.1. The first-order chi connectivity index (χ1) is 20.4. The Morgan fingerprint density at radius 3 is 2.49 bits per heavy atom. The molecule has 3 atom stereocenters. The van der Waals surface area contributed by atoms with Crippen LogP contribution >= 0.6 is 11.6 Å². The van der Waals surface area contributed by atoms with Gasteiger partial charge in [-0.3, -0.25) is 19.4 Å². The summed E-state index contributed by atoms with van der Waals surface area (Å²) in [5, 5.41) is 2.65. The van der Waals surface area contributed by atoms with Gasteiger partial charge in [0, 0.05) is 41.6 Å². The molecule has 2 aliphatic rings. The molecule has 1 N–H and O–H groups in total. The van der Waals surface area contributed by atoms with Crippen molar-refractivity contribution < 1.29 is 46.6 Å². The maximum absolute atomic E-state index is 14.5. The van der Waals surface area contributed by atoms with Gasteiger partial charge in [0.1, 0.15) is 24.5 Å². The summed E-state index contributed by atoms with van der Waals surface area (Å²) in [7, 11) is 1.12. The Bertz CT molecular complexity index is 1360. The lowest BCUT2D eigenvalue weighted by Crippen LogP contribution is -2.56. The maximum Gasteiger partial charge on any atom is 0.410 e. The van der Waals surface area contributed by atoms with Crippen molar-refractivity contribution in [2.45, 2.75) is 56.3 Å². The average Bonchev–Trinajstić information content (AvgIpc) is 3.38. The second kappa shape index (κ2) is 13.6.